The Balaban J connectivity index is 2.05. The molecule has 2 aromatic rings. The molecule has 0 saturated carbocycles. The number of fused-ring (bicyclic) bond motifs is 1. The average molecular weight is 212 g/mol. The Labute approximate surface area is 98.6 Å². The number of nitrogens with one attached hydrogen (secondary N) is 2. The Morgan fingerprint density at radius 3 is 2.81 bits per heavy atom. The molecular weight excluding hydrogens is 194 g/mol. The maximum atomic E-state index is 3.51. The minimum absolute atomic E-state index is 0.201. The normalized spacial score (nSPS) is 12.1. The molecular formula is C12H18B2N2. The van der Waals surface area contributed by atoms with E-state index >= 15 is 0 Å². The van der Waals surface area contributed by atoms with Crippen LogP contribution in [0, 0.1) is 0 Å². The summed E-state index contributed by atoms with van der Waals surface area (Å²) in [5.41, 5.74) is 2.63. The van der Waals surface area contributed by atoms with Gasteiger partial charge in [-0.3, -0.25) is 0 Å². The van der Waals surface area contributed by atoms with Gasteiger partial charge in [0.25, 0.3) is 0 Å². The second kappa shape index (κ2) is 4.38. The van der Waals surface area contributed by atoms with Crippen molar-refractivity contribution in [2.45, 2.75) is 18.7 Å². The van der Waals surface area contributed by atoms with Crippen LogP contribution >= 0.6 is 0 Å². The summed E-state index contributed by atoms with van der Waals surface area (Å²) >= 11 is 0. The van der Waals surface area contributed by atoms with Crippen LogP contribution in [-0.2, 0) is 6.42 Å². The van der Waals surface area contributed by atoms with Crippen molar-refractivity contribution in [3.05, 3.63) is 36.0 Å². The van der Waals surface area contributed by atoms with Crippen molar-refractivity contribution < 1.29 is 0 Å². The van der Waals surface area contributed by atoms with E-state index in [4.69, 9.17) is 0 Å². The molecule has 82 valence electrons. The molecule has 16 heavy (non-hydrogen) atoms. The molecule has 4 heteroatoms. The van der Waals surface area contributed by atoms with Crippen LogP contribution in [0.25, 0.3) is 10.9 Å². The molecule has 0 amide bonds. The van der Waals surface area contributed by atoms with Crippen LogP contribution in [0.3, 0.4) is 0 Å². The smallest absolute Gasteiger partial charge is 0.116 e. The summed E-state index contributed by atoms with van der Waals surface area (Å²) in [7, 11) is 4.39. The molecule has 0 fully saturated rings. The monoisotopic (exact) mass is 212 g/mol. The molecule has 2 nitrogen and oxygen atoms in total. The molecule has 0 aliphatic rings. The zero-order chi connectivity index (χ0) is 11.6. The van der Waals surface area contributed by atoms with Crippen LogP contribution < -0.4 is 5.32 Å². The number of hydrogen-bond donors (Lipinski definition) is 2. The molecule has 0 radical (unpaired) electrons. The van der Waals surface area contributed by atoms with Crippen LogP contribution in [0.5, 0.6) is 0 Å². The van der Waals surface area contributed by atoms with E-state index in [-0.39, 0.29) is 5.34 Å². The summed E-state index contributed by atoms with van der Waals surface area (Å²) in [6, 6.07) is 8.46. The summed E-state index contributed by atoms with van der Waals surface area (Å²) in [5.74, 6) is 0. The van der Waals surface area contributed by atoms with Gasteiger partial charge >= 0.3 is 0 Å². The number of aromatic amines is 1. The fourth-order valence-corrected chi connectivity index (χ4v) is 1.91. The molecule has 1 heterocycles. The maximum Gasteiger partial charge on any atom is 0.116 e. The second-order valence-corrected chi connectivity index (χ2v) is 5.29. The molecule has 2 rings (SSSR count). The van der Waals surface area contributed by atoms with Crippen LogP contribution in [0.2, 0.25) is 0 Å². The lowest BCUT2D eigenvalue weighted by molar-refractivity contribution is 0.629. The SMILES string of the molecule is BC(B)(C)NCCc1c[nH]c2ccccc12. The van der Waals surface area contributed by atoms with Gasteiger partial charge in [0.1, 0.15) is 15.7 Å². The average Bonchev–Trinajstić information content (AvgIpc) is 2.60. The highest BCUT2D eigenvalue weighted by Gasteiger charge is 2.09. The summed E-state index contributed by atoms with van der Waals surface area (Å²) in [6.07, 6.45) is 3.19. The zero-order valence-corrected chi connectivity index (χ0v) is 10.3. The van der Waals surface area contributed by atoms with Gasteiger partial charge in [-0.05, 0) is 29.9 Å². The van der Waals surface area contributed by atoms with Gasteiger partial charge in [-0.1, -0.05) is 25.1 Å². The van der Waals surface area contributed by atoms with Crippen molar-refractivity contribution in [2.24, 2.45) is 0 Å². The van der Waals surface area contributed by atoms with Crippen molar-refractivity contribution in [1.82, 2.24) is 10.3 Å². The molecule has 1 aromatic heterocycles. The zero-order valence-electron chi connectivity index (χ0n) is 10.3. The number of benzene rings is 1. The van der Waals surface area contributed by atoms with E-state index < -0.39 is 0 Å². The number of para-hydroxylation sites is 1. The molecule has 0 unspecified atom stereocenters. The van der Waals surface area contributed by atoms with Gasteiger partial charge < -0.3 is 10.3 Å². The van der Waals surface area contributed by atoms with E-state index in [1.165, 1.54) is 16.5 Å². The van der Waals surface area contributed by atoms with Crippen LogP contribution in [-0.4, -0.2) is 32.6 Å². The molecule has 0 aliphatic heterocycles. The third-order valence-electron chi connectivity index (χ3n) is 2.72. The van der Waals surface area contributed by atoms with E-state index in [1.54, 1.807) is 0 Å². The van der Waals surface area contributed by atoms with Gasteiger partial charge in [0.2, 0.25) is 0 Å². The van der Waals surface area contributed by atoms with E-state index in [1.807, 2.05) is 0 Å². The van der Waals surface area contributed by atoms with E-state index in [9.17, 15) is 0 Å². The first kappa shape index (κ1) is 11.3. The van der Waals surface area contributed by atoms with Gasteiger partial charge in [0.15, 0.2) is 0 Å². The summed E-state index contributed by atoms with van der Waals surface area (Å²) in [5, 5.41) is 5.06. The fourth-order valence-electron chi connectivity index (χ4n) is 1.91. The van der Waals surface area contributed by atoms with Crippen molar-refractivity contribution in [3.8, 4) is 0 Å². The van der Waals surface area contributed by atoms with Crippen molar-refractivity contribution >= 4 is 26.6 Å². The maximum absolute atomic E-state index is 3.51. The third kappa shape index (κ3) is 2.70. The van der Waals surface area contributed by atoms with Crippen molar-refractivity contribution in [1.29, 1.82) is 0 Å². The van der Waals surface area contributed by atoms with E-state index in [0.717, 1.165) is 13.0 Å². The Morgan fingerprint density at radius 2 is 2.06 bits per heavy atom. The lowest BCUT2D eigenvalue weighted by Crippen LogP contribution is -2.44. The highest BCUT2D eigenvalue weighted by molar-refractivity contribution is 6.39. The van der Waals surface area contributed by atoms with E-state index in [2.05, 4.69) is 63.4 Å². The molecule has 0 aliphatic carbocycles. The molecule has 0 bridgehead atoms. The van der Waals surface area contributed by atoms with Gasteiger partial charge in [-0.25, -0.2) is 0 Å². The lowest BCUT2D eigenvalue weighted by atomic mass is 9.63. The highest BCUT2D eigenvalue weighted by Crippen LogP contribution is 2.17. The highest BCUT2D eigenvalue weighted by atomic mass is 14.9. The van der Waals surface area contributed by atoms with Crippen molar-refractivity contribution in [2.75, 3.05) is 6.54 Å². The molecule has 2 N–H and O–H groups in total. The number of aromatic nitrogens is 1. The minimum atomic E-state index is 0.201. The molecule has 0 spiro atoms. The molecule has 1 aromatic carbocycles. The van der Waals surface area contributed by atoms with E-state index in [0.29, 0.717) is 0 Å². The largest absolute Gasteiger partial charge is 0.361 e. The van der Waals surface area contributed by atoms with Crippen LogP contribution in [0.1, 0.15) is 12.5 Å². The fraction of sp³-hybridized carbons (Fsp3) is 0.333. The third-order valence-corrected chi connectivity index (χ3v) is 2.72. The predicted octanol–water partition coefficient (Wildman–Crippen LogP) is 0.240. The minimum Gasteiger partial charge on any atom is -0.361 e. The van der Waals surface area contributed by atoms with Crippen LogP contribution in [0.4, 0.5) is 0 Å². The van der Waals surface area contributed by atoms with Gasteiger partial charge in [-0.2, -0.15) is 0 Å². The Bertz CT molecular complexity index is 471. The second-order valence-electron chi connectivity index (χ2n) is 5.29. The summed E-state index contributed by atoms with van der Waals surface area (Å²) in [4.78, 5) is 3.31. The topological polar surface area (TPSA) is 27.8 Å². The number of hydrogen-bond acceptors (Lipinski definition) is 1. The summed E-state index contributed by atoms with van der Waals surface area (Å²) in [6.45, 7) is 3.22. The van der Waals surface area contributed by atoms with Gasteiger partial charge in [-0.15, -0.1) is 0 Å². The molecule has 0 saturated heterocycles. The lowest BCUT2D eigenvalue weighted by Gasteiger charge is -2.20. The first-order valence-electron chi connectivity index (χ1n) is 5.86. The van der Waals surface area contributed by atoms with Crippen LogP contribution in [0.15, 0.2) is 30.5 Å². The number of rotatable bonds is 4. The standard InChI is InChI=1S/C12H18B2N2/c1-12(13,14)16-7-6-9-8-15-11-5-3-2-4-10(9)11/h2-5,8,15-16H,6-7,13-14H2,1H3. The van der Waals surface area contributed by atoms with Gasteiger partial charge in [0, 0.05) is 17.1 Å². The van der Waals surface area contributed by atoms with Gasteiger partial charge in [0.05, 0.1) is 0 Å². The summed E-state index contributed by atoms with van der Waals surface area (Å²) < 4.78 is 0. The molecule has 0 atom stereocenters. The first-order valence-corrected chi connectivity index (χ1v) is 5.86. The Hall–Kier alpha value is -1.15. The number of H-pyrrole nitrogens is 1. The first-order chi connectivity index (χ1) is 7.56. The predicted molar refractivity (Wildman–Crippen MR) is 75.5 cm³/mol. The Morgan fingerprint density at radius 1 is 1.31 bits per heavy atom. The quantitative estimate of drug-likeness (QED) is 0.698. The van der Waals surface area contributed by atoms with Crippen molar-refractivity contribution in [3.63, 3.8) is 0 Å². The Kier molecular flexibility index (Phi) is 3.10.